The van der Waals surface area contributed by atoms with Crippen molar-refractivity contribution in [3.05, 3.63) is 89.0 Å². The molecule has 2 aliphatic heterocycles. The molecule has 3 aromatic carbocycles. The fourth-order valence-electron chi connectivity index (χ4n) is 6.32. The lowest BCUT2D eigenvalue weighted by Gasteiger charge is -2.55. The zero-order valence-electron chi connectivity index (χ0n) is 23.7. The number of methoxy groups -OCH3 is 3. The monoisotopic (exact) mass is 558 g/mol. The molecule has 41 heavy (non-hydrogen) atoms. The van der Waals surface area contributed by atoms with Crippen molar-refractivity contribution in [1.29, 1.82) is 0 Å². The van der Waals surface area contributed by atoms with Crippen molar-refractivity contribution in [3.8, 4) is 11.5 Å². The van der Waals surface area contributed by atoms with Crippen LogP contribution >= 0.6 is 0 Å². The number of rotatable bonds is 8. The Balaban J connectivity index is 1.75. The molecule has 2 amide bonds. The predicted molar refractivity (Wildman–Crippen MR) is 153 cm³/mol. The number of para-hydroxylation sites is 1. The van der Waals surface area contributed by atoms with Gasteiger partial charge in [0, 0.05) is 24.3 Å². The van der Waals surface area contributed by atoms with Crippen LogP contribution in [0.5, 0.6) is 11.5 Å². The van der Waals surface area contributed by atoms with Crippen LogP contribution in [0.4, 0.5) is 10.5 Å². The maximum Gasteiger partial charge on any atom is 0.414 e. The van der Waals surface area contributed by atoms with Crippen LogP contribution in [0.2, 0.25) is 0 Å². The minimum absolute atomic E-state index is 0.163. The number of amides is 2. The maximum atomic E-state index is 14.2. The molecule has 0 N–H and O–H groups in total. The van der Waals surface area contributed by atoms with E-state index in [1.807, 2.05) is 54.6 Å². The number of benzene rings is 3. The molecule has 3 aromatic rings. The van der Waals surface area contributed by atoms with Crippen molar-refractivity contribution in [1.82, 2.24) is 4.90 Å². The number of hydrogen-bond acceptors (Lipinski definition) is 7. The number of ether oxygens (including phenoxy) is 4. The largest absolute Gasteiger partial charge is 0.493 e. The van der Waals surface area contributed by atoms with Crippen LogP contribution in [0, 0.1) is 0 Å². The van der Waals surface area contributed by atoms with Gasteiger partial charge in [-0.3, -0.25) is 14.5 Å². The minimum Gasteiger partial charge on any atom is -0.493 e. The first-order valence-electron chi connectivity index (χ1n) is 13.6. The number of anilines is 1. The number of carbonyl (C=O) groups is 3. The highest BCUT2D eigenvalue weighted by Gasteiger charge is 2.58. The van der Waals surface area contributed by atoms with Gasteiger partial charge in [0.15, 0.2) is 11.5 Å². The molecule has 2 heterocycles. The van der Waals surface area contributed by atoms with Crippen molar-refractivity contribution in [2.75, 3.05) is 45.9 Å². The molecule has 0 saturated heterocycles. The molecule has 0 bridgehead atoms. The first kappa shape index (κ1) is 28.0. The first-order valence-corrected chi connectivity index (χ1v) is 13.6. The van der Waals surface area contributed by atoms with E-state index < -0.39 is 23.5 Å². The number of fused-ring (bicyclic) bond motifs is 4. The van der Waals surface area contributed by atoms with Crippen LogP contribution in [-0.4, -0.2) is 63.9 Å². The maximum absolute atomic E-state index is 14.2. The highest BCUT2D eigenvalue weighted by molar-refractivity contribution is 6.01. The summed E-state index contributed by atoms with van der Waals surface area (Å²) >= 11 is 0. The molecule has 2 aliphatic rings. The average molecular weight is 559 g/mol. The number of hydrogen-bond donors (Lipinski definition) is 0. The quantitative estimate of drug-likeness (QED) is 0.362. The Kier molecular flexibility index (Phi) is 7.88. The Morgan fingerprint density at radius 1 is 0.976 bits per heavy atom. The summed E-state index contributed by atoms with van der Waals surface area (Å²) in [6.45, 7) is 2.49. The zero-order chi connectivity index (χ0) is 29.1. The van der Waals surface area contributed by atoms with Crippen molar-refractivity contribution in [3.63, 3.8) is 0 Å². The molecule has 9 nitrogen and oxygen atoms in total. The fourth-order valence-corrected chi connectivity index (χ4v) is 6.32. The molecule has 0 aliphatic carbocycles. The number of nitrogens with zero attached hydrogens (tertiary/aromatic N) is 2. The first-order chi connectivity index (χ1) is 19.9. The summed E-state index contributed by atoms with van der Waals surface area (Å²) in [6.07, 6.45) is 0.268. The van der Waals surface area contributed by atoms with E-state index in [2.05, 4.69) is 0 Å². The van der Waals surface area contributed by atoms with Crippen molar-refractivity contribution < 1.29 is 33.3 Å². The van der Waals surface area contributed by atoms with Gasteiger partial charge in [-0.2, -0.15) is 0 Å². The third-order valence-electron chi connectivity index (χ3n) is 8.10. The Bertz CT molecular complexity index is 1460. The van der Waals surface area contributed by atoms with E-state index in [9.17, 15) is 14.4 Å². The SMILES string of the molecule is CCOC(=O)N(CC[C@@]12c3cc(OC)c(OC)cc3CCN1C(=O)c1ccccc1[C@H]2C(=O)OC)c1ccccc1. The Labute approximate surface area is 239 Å². The molecule has 2 atom stereocenters. The fraction of sp³-hybridized carbons (Fsp3) is 0.344. The lowest BCUT2D eigenvalue weighted by Crippen LogP contribution is -2.62. The lowest BCUT2D eigenvalue weighted by molar-refractivity contribution is -0.147. The molecule has 0 radical (unpaired) electrons. The second kappa shape index (κ2) is 11.5. The molecule has 0 fully saturated rings. The molecular formula is C32H34N2O7. The molecule has 0 spiro atoms. The molecule has 0 saturated carbocycles. The molecule has 0 aromatic heterocycles. The van der Waals surface area contributed by atoms with Gasteiger partial charge in [0.2, 0.25) is 0 Å². The average Bonchev–Trinajstić information content (AvgIpc) is 3.01. The molecule has 9 heteroatoms. The molecule has 0 unspecified atom stereocenters. The summed E-state index contributed by atoms with van der Waals surface area (Å²) in [5, 5.41) is 0. The predicted octanol–water partition coefficient (Wildman–Crippen LogP) is 4.92. The summed E-state index contributed by atoms with van der Waals surface area (Å²) in [5.41, 5.74) is 2.21. The second-order valence-corrected chi connectivity index (χ2v) is 9.97. The van der Waals surface area contributed by atoms with E-state index in [4.69, 9.17) is 18.9 Å². The standard InChI is InChI=1S/C32H34N2O7/c1-5-41-31(37)33(22-11-7-6-8-12-22)18-16-32-25-20-27(39-3)26(38-2)19-21(25)15-17-34(32)29(35)24-14-10-9-13-23(24)28(32)30(36)40-4/h6-14,19-20,28H,5,15-18H2,1-4H3/t28-,32-/m0/s1. The van der Waals surface area contributed by atoms with E-state index in [-0.39, 0.29) is 25.5 Å². The Morgan fingerprint density at radius 2 is 1.66 bits per heavy atom. The van der Waals surface area contributed by atoms with Gasteiger partial charge in [0.05, 0.1) is 33.5 Å². The van der Waals surface area contributed by atoms with Crippen LogP contribution in [0.15, 0.2) is 66.7 Å². The van der Waals surface area contributed by atoms with Crippen molar-refractivity contribution in [2.45, 2.75) is 31.2 Å². The van der Waals surface area contributed by atoms with Gasteiger partial charge >= 0.3 is 12.1 Å². The topological polar surface area (TPSA) is 94.6 Å². The molecule has 214 valence electrons. The van der Waals surface area contributed by atoms with Gasteiger partial charge in [-0.15, -0.1) is 0 Å². The zero-order valence-corrected chi connectivity index (χ0v) is 23.7. The molecular weight excluding hydrogens is 524 g/mol. The van der Waals surface area contributed by atoms with Crippen LogP contribution in [0.25, 0.3) is 0 Å². The van der Waals surface area contributed by atoms with Gasteiger partial charge in [-0.05, 0) is 66.8 Å². The van der Waals surface area contributed by atoms with E-state index in [1.54, 1.807) is 43.1 Å². The summed E-state index contributed by atoms with van der Waals surface area (Å²) < 4.78 is 22.1. The van der Waals surface area contributed by atoms with Gasteiger partial charge < -0.3 is 23.8 Å². The van der Waals surface area contributed by atoms with E-state index >= 15 is 0 Å². The highest BCUT2D eigenvalue weighted by atomic mass is 16.6. The van der Waals surface area contributed by atoms with E-state index in [0.29, 0.717) is 41.3 Å². The van der Waals surface area contributed by atoms with Gasteiger partial charge in [0.1, 0.15) is 5.92 Å². The van der Waals surface area contributed by atoms with Crippen LogP contribution in [0.1, 0.15) is 46.3 Å². The summed E-state index contributed by atoms with van der Waals surface area (Å²) in [4.78, 5) is 44.5. The second-order valence-electron chi connectivity index (χ2n) is 9.97. The highest BCUT2D eigenvalue weighted by Crippen LogP contribution is 2.54. The van der Waals surface area contributed by atoms with Crippen molar-refractivity contribution >= 4 is 23.7 Å². The van der Waals surface area contributed by atoms with E-state index in [0.717, 1.165) is 11.1 Å². The summed E-state index contributed by atoms with van der Waals surface area (Å²) in [7, 11) is 4.48. The van der Waals surface area contributed by atoms with Gasteiger partial charge in [0.25, 0.3) is 5.91 Å². The van der Waals surface area contributed by atoms with Crippen LogP contribution in [-0.2, 0) is 26.2 Å². The lowest BCUT2D eigenvalue weighted by atomic mass is 9.64. The Morgan fingerprint density at radius 3 is 2.34 bits per heavy atom. The van der Waals surface area contributed by atoms with Crippen LogP contribution in [0.3, 0.4) is 0 Å². The van der Waals surface area contributed by atoms with Gasteiger partial charge in [-0.25, -0.2) is 4.79 Å². The van der Waals surface area contributed by atoms with Crippen molar-refractivity contribution in [2.24, 2.45) is 0 Å². The minimum atomic E-state index is -1.19. The smallest absolute Gasteiger partial charge is 0.414 e. The number of esters is 1. The normalized spacial score (nSPS) is 18.9. The Hall–Kier alpha value is -4.53. The van der Waals surface area contributed by atoms with Gasteiger partial charge in [-0.1, -0.05) is 36.4 Å². The summed E-state index contributed by atoms with van der Waals surface area (Å²) in [6, 6.07) is 20.1. The summed E-state index contributed by atoms with van der Waals surface area (Å²) in [5.74, 6) is -0.473. The third-order valence-corrected chi connectivity index (χ3v) is 8.10. The number of carbonyl (C=O) groups excluding carboxylic acids is 3. The van der Waals surface area contributed by atoms with E-state index in [1.165, 1.54) is 7.11 Å². The van der Waals surface area contributed by atoms with Crippen LogP contribution < -0.4 is 14.4 Å². The molecule has 5 rings (SSSR count). The third kappa shape index (κ3) is 4.65.